The van der Waals surface area contributed by atoms with E-state index in [-0.39, 0.29) is 11.3 Å². The monoisotopic (exact) mass is 299 g/mol. The Kier molecular flexibility index (Phi) is 3.64. The summed E-state index contributed by atoms with van der Waals surface area (Å²) in [6.07, 6.45) is 1.52. The smallest absolute Gasteiger partial charge is 0.171 e. The highest BCUT2D eigenvalue weighted by Crippen LogP contribution is 2.33. The van der Waals surface area contributed by atoms with Crippen molar-refractivity contribution in [2.75, 3.05) is 13.1 Å². The Balaban J connectivity index is 2.33. The van der Waals surface area contributed by atoms with Crippen molar-refractivity contribution in [3.63, 3.8) is 0 Å². The fourth-order valence-electron chi connectivity index (χ4n) is 2.21. The molecular weight excluding hydrogens is 285 g/mol. The number of nitrogens with one attached hydrogen (secondary N) is 1. The fraction of sp³-hybridized carbons (Fsp3) is 0.462. The number of piperidine rings is 1. The van der Waals surface area contributed by atoms with Crippen molar-refractivity contribution in [1.82, 2.24) is 5.32 Å². The summed E-state index contributed by atoms with van der Waals surface area (Å²) in [7, 11) is 0. The lowest BCUT2D eigenvalue weighted by atomic mass is 9.75. The second-order valence-corrected chi connectivity index (χ2v) is 5.60. The molecule has 17 heavy (non-hydrogen) atoms. The molecule has 2 nitrogen and oxygen atoms in total. The van der Waals surface area contributed by atoms with E-state index in [1.54, 1.807) is 18.2 Å². The van der Waals surface area contributed by atoms with Gasteiger partial charge in [0, 0.05) is 5.41 Å². The Hall–Kier alpha value is -0.740. The maximum Gasteiger partial charge on any atom is 0.171 e. The van der Waals surface area contributed by atoms with Gasteiger partial charge in [-0.2, -0.15) is 0 Å². The lowest BCUT2D eigenvalue weighted by Crippen LogP contribution is -2.40. The molecule has 0 spiro atoms. The van der Waals surface area contributed by atoms with E-state index in [4.69, 9.17) is 0 Å². The molecule has 0 saturated carbocycles. The molecule has 4 heteroatoms. The maximum atomic E-state index is 13.9. The Labute approximate surface area is 109 Å². The van der Waals surface area contributed by atoms with Gasteiger partial charge in [0.2, 0.25) is 0 Å². The molecule has 0 aromatic heterocycles. The molecule has 0 amide bonds. The van der Waals surface area contributed by atoms with Crippen LogP contribution in [0.25, 0.3) is 0 Å². The van der Waals surface area contributed by atoms with E-state index in [1.165, 1.54) is 0 Å². The normalized spacial score (nSPS) is 19.0. The van der Waals surface area contributed by atoms with Crippen LogP contribution in [0.4, 0.5) is 4.39 Å². The molecule has 1 aliphatic heterocycles. The number of hydrogen-bond acceptors (Lipinski definition) is 2. The minimum absolute atomic E-state index is 0.0854. The number of rotatable bonds is 2. The molecule has 0 atom stereocenters. The molecule has 1 aromatic rings. The largest absolute Gasteiger partial charge is 0.317 e. The standard InChI is InChI=1S/C13H15BrFNO/c1-13(5-7-16-8-6-13)12(17)9-3-2-4-10(14)11(9)15/h2-4,16H,5-8H2,1H3. The van der Waals surface area contributed by atoms with Gasteiger partial charge in [0.25, 0.3) is 0 Å². The number of benzene rings is 1. The summed E-state index contributed by atoms with van der Waals surface area (Å²) in [5, 5.41) is 3.22. The van der Waals surface area contributed by atoms with Gasteiger partial charge < -0.3 is 5.32 Å². The van der Waals surface area contributed by atoms with Crippen LogP contribution in [0.1, 0.15) is 30.1 Å². The van der Waals surface area contributed by atoms with E-state index < -0.39 is 11.2 Å². The van der Waals surface area contributed by atoms with Gasteiger partial charge in [0.05, 0.1) is 10.0 Å². The Bertz CT molecular complexity index is 441. The van der Waals surface area contributed by atoms with Crippen LogP contribution in [-0.4, -0.2) is 18.9 Å². The van der Waals surface area contributed by atoms with Crippen LogP contribution < -0.4 is 5.32 Å². The molecule has 0 unspecified atom stereocenters. The molecule has 0 aliphatic carbocycles. The number of carbonyl (C=O) groups excluding carboxylic acids is 1. The molecule has 1 aliphatic rings. The number of ketones is 1. The highest BCUT2D eigenvalue weighted by Gasteiger charge is 2.36. The molecule has 2 rings (SSSR count). The average molecular weight is 300 g/mol. The predicted molar refractivity (Wildman–Crippen MR) is 68.6 cm³/mol. The zero-order valence-electron chi connectivity index (χ0n) is 9.72. The summed E-state index contributed by atoms with van der Waals surface area (Å²) in [5.41, 5.74) is -0.240. The van der Waals surface area contributed by atoms with E-state index in [0.717, 1.165) is 25.9 Å². The Morgan fingerprint density at radius 3 is 2.71 bits per heavy atom. The summed E-state index contributed by atoms with van der Waals surface area (Å²) in [4.78, 5) is 12.4. The third-order valence-corrected chi connectivity index (χ3v) is 4.06. The molecule has 0 radical (unpaired) electrons. The number of halogens is 2. The third kappa shape index (κ3) is 2.43. The summed E-state index contributed by atoms with van der Waals surface area (Å²) in [6, 6.07) is 4.87. The molecule has 0 bridgehead atoms. The number of hydrogen-bond donors (Lipinski definition) is 1. The van der Waals surface area contributed by atoms with Crippen LogP contribution in [0.5, 0.6) is 0 Å². The topological polar surface area (TPSA) is 29.1 Å². The van der Waals surface area contributed by atoms with Gasteiger partial charge in [-0.3, -0.25) is 4.79 Å². The van der Waals surface area contributed by atoms with E-state index in [9.17, 15) is 9.18 Å². The van der Waals surface area contributed by atoms with Gasteiger partial charge in [-0.15, -0.1) is 0 Å². The van der Waals surface area contributed by atoms with Crippen molar-refractivity contribution in [3.05, 3.63) is 34.1 Å². The molecule has 1 saturated heterocycles. The number of carbonyl (C=O) groups is 1. The van der Waals surface area contributed by atoms with Crippen LogP contribution in [0.3, 0.4) is 0 Å². The van der Waals surface area contributed by atoms with Crippen LogP contribution in [0.15, 0.2) is 22.7 Å². The minimum Gasteiger partial charge on any atom is -0.317 e. The summed E-state index contributed by atoms with van der Waals surface area (Å²) in [5.74, 6) is -0.532. The van der Waals surface area contributed by atoms with Crippen molar-refractivity contribution in [3.8, 4) is 0 Å². The second kappa shape index (κ2) is 4.86. The molecule has 92 valence electrons. The van der Waals surface area contributed by atoms with Crippen molar-refractivity contribution < 1.29 is 9.18 Å². The van der Waals surface area contributed by atoms with E-state index >= 15 is 0 Å². The van der Waals surface area contributed by atoms with Crippen molar-refractivity contribution in [2.24, 2.45) is 5.41 Å². The number of Topliss-reactive ketones (excluding diaryl/α,β-unsaturated/α-hetero) is 1. The minimum atomic E-state index is -0.447. The molecule has 1 N–H and O–H groups in total. The maximum absolute atomic E-state index is 13.9. The molecule has 1 fully saturated rings. The van der Waals surface area contributed by atoms with Crippen molar-refractivity contribution >= 4 is 21.7 Å². The van der Waals surface area contributed by atoms with Gasteiger partial charge in [-0.25, -0.2) is 4.39 Å². The van der Waals surface area contributed by atoms with Gasteiger partial charge in [0.1, 0.15) is 5.82 Å². The Morgan fingerprint density at radius 1 is 1.41 bits per heavy atom. The molecule has 1 aromatic carbocycles. The van der Waals surface area contributed by atoms with Crippen LogP contribution in [0, 0.1) is 11.2 Å². The van der Waals surface area contributed by atoms with Gasteiger partial charge >= 0.3 is 0 Å². The van der Waals surface area contributed by atoms with E-state index in [2.05, 4.69) is 21.2 Å². The summed E-state index contributed by atoms with van der Waals surface area (Å²) < 4.78 is 14.2. The summed E-state index contributed by atoms with van der Waals surface area (Å²) >= 11 is 3.12. The Morgan fingerprint density at radius 2 is 2.06 bits per heavy atom. The highest BCUT2D eigenvalue weighted by atomic mass is 79.9. The van der Waals surface area contributed by atoms with Crippen LogP contribution in [-0.2, 0) is 0 Å². The summed E-state index contributed by atoms with van der Waals surface area (Å²) in [6.45, 7) is 3.56. The first-order valence-electron chi connectivity index (χ1n) is 5.74. The van der Waals surface area contributed by atoms with E-state index in [1.807, 2.05) is 6.92 Å². The molecule has 1 heterocycles. The second-order valence-electron chi connectivity index (χ2n) is 4.74. The van der Waals surface area contributed by atoms with E-state index in [0.29, 0.717) is 4.47 Å². The molecular formula is C13H15BrFNO. The van der Waals surface area contributed by atoms with Gasteiger partial charge in [-0.1, -0.05) is 13.0 Å². The lowest BCUT2D eigenvalue weighted by molar-refractivity contribution is 0.0757. The average Bonchev–Trinajstić information content (AvgIpc) is 2.33. The first-order valence-corrected chi connectivity index (χ1v) is 6.53. The van der Waals surface area contributed by atoms with Gasteiger partial charge in [0.15, 0.2) is 5.78 Å². The van der Waals surface area contributed by atoms with Gasteiger partial charge in [-0.05, 0) is 54.0 Å². The third-order valence-electron chi connectivity index (χ3n) is 3.45. The zero-order valence-corrected chi connectivity index (χ0v) is 11.3. The zero-order chi connectivity index (χ0) is 12.5. The first kappa shape index (κ1) is 12.7. The highest BCUT2D eigenvalue weighted by molar-refractivity contribution is 9.10. The first-order chi connectivity index (χ1) is 8.04. The lowest BCUT2D eigenvalue weighted by Gasteiger charge is -2.32. The van der Waals surface area contributed by atoms with Crippen molar-refractivity contribution in [2.45, 2.75) is 19.8 Å². The SMILES string of the molecule is CC1(C(=O)c2cccc(Br)c2F)CCNCC1. The predicted octanol–water partition coefficient (Wildman–Crippen LogP) is 3.16. The van der Waals surface area contributed by atoms with Crippen LogP contribution in [0.2, 0.25) is 0 Å². The fourth-order valence-corrected chi connectivity index (χ4v) is 2.58. The van der Waals surface area contributed by atoms with Crippen molar-refractivity contribution in [1.29, 1.82) is 0 Å². The quantitative estimate of drug-likeness (QED) is 0.850. The van der Waals surface area contributed by atoms with Crippen LogP contribution >= 0.6 is 15.9 Å².